The lowest BCUT2D eigenvalue weighted by atomic mass is 10.2. The summed E-state index contributed by atoms with van der Waals surface area (Å²) >= 11 is 3.44. The molecule has 0 unspecified atom stereocenters. The normalized spacial score (nSPS) is 14.8. The number of halogens is 1. The molecule has 1 amide bonds. The molecule has 16 heavy (non-hydrogen) atoms. The topological polar surface area (TPSA) is 23.6 Å². The molecule has 1 aliphatic rings. The zero-order valence-electron chi connectivity index (χ0n) is 9.53. The van der Waals surface area contributed by atoms with Gasteiger partial charge in [-0.05, 0) is 31.8 Å². The first-order chi connectivity index (χ1) is 7.58. The molecule has 1 aliphatic heterocycles. The fourth-order valence-electron chi connectivity index (χ4n) is 1.88. The summed E-state index contributed by atoms with van der Waals surface area (Å²) in [5.41, 5.74) is 2.19. The Labute approximate surface area is 104 Å². The van der Waals surface area contributed by atoms with Crippen LogP contribution in [0.2, 0.25) is 0 Å². The third kappa shape index (κ3) is 2.28. The van der Waals surface area contributed by atoms with Crippen LogP contribution in [-0.4, -0.2) is 38.0 Å². The van der Waals surface area contributed by atoms with Crippen LogP contribution >= 0.6 is 15.9 Å². The van der Waals surface area contributed by atoms with E-state index >= 15 is 0 Å². The van der Waals surface area contributed by atoms with Gasteiger partial charge in [0.25, 0.3) is 0 Å². The fourth-order valence-corrected chi connectivity index (χ4v) is 2.22. The monoisotopic (exact) mass is 282 g/mol. The van der Waals surface area contributed by atoms with Crippen molar-refractivity contribution < 1.29 is 4.79 Å². The van der Waals surface area contributed by atoms with Gasteiger partial charge in [-0.15, -0.1) is 0 Å². The molecule has 86 valence electrons. The van der Waals surface area contributed by atoms with Gasteiger partial charge < -0.3 is 9.80 Å². The van der Waals surface area contributed by atoms with Gasteiger partial charge in [-0.3, -0.25) is 4.79 Å². The molecule has 0 N–H and O–H groups in total. The van der Waals surface area contributed by atoms with E-state index in [1.54, 1.807) is 0 Å². The third-order valence-corrected chi connectivity index (χ3v) is 3.24. The zero-order valence-corrected chi connectivity index (χ0v) is 11.1. The van der Waals surface area contributed by atoms with Crippen LogP contribution in [0.15, 0.2) is 22.7 Å². The smallest absolute Gasteiger partial charge is 0.231 e. The minimum Gasteiger partial charge on any atom is -0.311 e. The number of hydrogen-bond acceptors (Lipinski definition) is 2. The second-order valence-electron chi connectivity index (χ2n) is 4.30. The van der Waals surface area contributed by atoms with E-state index in [2.05, 4.69) is 20.8 Å². The molecule has 0 bridgehead atoms. The van der Waals surface area contributed by atoms with E-state index in [-0.39, 0.29) is 5.91 Å². The third-order valence-electron chi connectivity index (χ3n) is 2.75. The number of nitrogens with zero attached hydrogens (tertiary/aromatic N) is 2. The Hall–Kier alpha value is -0.870. The van der Waals surface area contributed by atoms with E-state index in [0.29, 0.717) is 6.42 Å². The van der Waals surface area contributed by atoms with E-state index in [1.807, 2.05) is 37.2 Å². The van der Waals surface area contributed by atoms with Crippen LogP contribution in [0.3, 0.4) is 0 Å². The summed E-state index contributed by atoms with van der Waals surface area (Å²) in [5, 5.41) is 0. The Bertz CT molecular complexity index is 417. The lowest BCUT2D eigenvalue weighted by Gasteiger charge is -2.20. The Kier molecular flexibility index (Phi) is 3.30. The van der Waals surface area contributed by atoms with E-state index in [1.165, 1.54) is 0 Å². The summed E-state index contributed by atoms with van der Waals surface area (Å²) in [6.45, 7) is 1.65. The van der Waals surface area contributed by atoms with Crippen molar-refractivity contribution in [2.75, 3.05) is 32.1 Å². The molecule has 0 aliphatic carbocycles. The summed E-state index contributed by atoms with van der Waals surface area (Å²) in [6, 6.07) is 6.03. The molecule has 0 fully saturated rings. The number of benzene rings is 1. The van der Waals surface area contributed by atoms with Gasteiger partial charge >= 0.3 is 0 Å². The molecule has 0 aromatic heterocycles. The van der Waals surface area contributed by atoms with Crippen molar-refractivity contribution in [1.82, 2.24) is 4.90 Å². The number of carbonyl (C=O) groups excluding carboxylic acids is 1. The van der Waals surface area contributed by atoms with Gasteiger partial charge in [0, 0.05) is 23.2 Å². The average molecular weight is 283 g/mol. The van der Waals surface area contributed by atoms with Crippen molar-refractivity contribution >= 4 is 27.5 Å². The minimum absolute atomic E-state index is 0.204. The van der Waals surface area contributed by atoms with Crippen LogP contribution < -0.4 is 4.90 Å². The van der Waals surface area contributed by atoms with Crippen molar-refractivity contribution in [1.29, 1.82) is 0 Å². The summed E-state index contributed by atoms with van der Waals surface area (Å²) in [5.74, 6) is 0.204. The van der Waals surface area contributed by atoms with Crippen molar-refractivity contribution in [3.05, 3.63) is 28.2 Å². The van der Waals surface area contributed by atoms with Crippen LogP contribution in [0.1, 0.15) is 5.56 Å². The molecule has 1 aromatic carbocycles. The fraction of sp³-hybridized carbons (Fsp3) is 0.417. The van der Waals surface area contributed by atoms with Gasteiger partial charge in [-0.1, -0.05) is 22.0 Å². The molecule has 0 saturated carbocycles. The quantitative estimate of drug-likeness (QED) is 0.846. The standard InChI is InChI=1S/C12H15BrN2O/c1-14(2)5-6-15-11-8-10(13)4-3-9(11)7-12(15)16/h3-4,8H,5-7H2,1-2H3. The summed E-state index contributed by atoms with van der Waals surface area (Å²) in [6.07, 6.45) is 0.538. The van der Waals surface area contributed by atoms with E-state index < -0.39 is 0 Å². The number of amides is 1. The predicted octanol–water partition coefficient (Wildman–Crippen LogP) is 1.90. The van der Waals surface area contributed by atoms with E-state index in [4.69, 9.17) is 0 Å². The highest BCUT2D eigenvalue weighted by Crippen LogP contribution is 2.31. The van der Waals surface area contributed by atoms with E-state index in [0.717, 1.165) is 28.8 Å². The molecule has 1 heterocycles. The van der Waals surface area contributed by atoms with Crippen LogP contribution in [0.25, 0.3) is 0 Å². The minimum atomic E-state index is 0.204. The first kappa shape index (κ1) is 11.6. The van der Waals surface area contributed by atoms with Crippen LogP contribution in [0.4, 0.5) is 5.69 Å². The summed E-state index contributed by atoms with van der Waals surface area (Å²) in [4.78, 5) is 15.8. The van der Waals surface area contributed by atoms with Crippen LogP contribution in [-0.2, 0) is 11.2 Å². The van der Waals surface area contributed by atoms with Gasteiger partial charge in [0.1, 0.15) is 0 Å². The Balaban J connectivity index is 2.21. The Morgan fingerprint density at radius 1 is 1.44 bits per heavy atom. The maximum Gasteiger partial charge on any atom is 0.231 e. The van der Waals surface area contributed by atoms with Crippen LogP contribution in [0.5, 0.6) is 0 Å². The second-order valence-corrected chi connectivity index (χ2v) is 5.21. The number of rotatable bonds is 3. The highest BCUT2D eigenvalue weighted by atomic mass is 79.9. The maximum atomic E-state index is 11.8. The number of fused-ring (bicyclic) bond motifs is 1. The van der Waals surface area contributed by atoms with E-state index in [9.17, 15) is 4.79 Å². The molecule has 0 radical (unpaired) electrons. The Morgan fingerprint density at radius 3 is 2.88 bits per heavy atom. The maximum absolute atomic E-state index is 11.8. The zero-order chi connectivity index (χ0) is 11.7. The molecule has 1 aromatic rings. The predicted molar refractivity (Wildman–Crippen MR) is 68.8 cm³/mol. The van der Waals surface area contributed by atoms with Crippen LogP contribution in [0, 0.1) is 0 Å². The lowest BCUT2D eigenvalue weighted by molar-refractivity contribution is -0.117. The Morgan fingerprint density at radius 2 is 2.19 bits per heavy atom. The number of carbonyl (C=O) groups is 1. The van der Waals surface area contributed by atoms with Crippen molar-refractivity contribution in [2.24, 2.45) is 0 Å². The molecular weight excluding hydrogens is 268 g/mol. The first-order valence-electron chi connectivity index (χ1n) is 5.31. The number of likely N-dealkylation sites (N-methyl/N-ethyl adjacent to an activating group) is 1. The van der Waals surface area contributed by atoms with Gasteiger partial charge in [-0.2, -0.15) is 0 Å². The van der Waals surface area contributed by atoms with Crippen molar-refractivity contribution in [3.8, 4) is 0 Å². The van der Waals surface area contributed by atoms with Gasteiger partial charge in [0.15, 0.2) is 0 Å². The second kappa shape index (κ2) is 4.55. The highest BCUT2D eigenvalue weighted by molar-refractivity contribution is 9.10. The first-order valence-corrected chi connectivity index (χ1v) is 6.11. The molecule has 2 rings (SSSR count). The molecule has 4 heteroatoms. The molecule has 0 saturated heterocycles. The van der Waals surface area contributed by atoms with Gasteiger partial charge in [-0.25, -0.2) is 0 Å². The van der Waals surface area contributed by atoms with Gasteiger partial charge in [0.05, 0.1) is 6.42 Å². The van der Waals surface area contributed by atoms with Crippen molar-refractivity contribution in [2.45, 2.75) is 6.42 Å². The lowest BCUT2D eigenvalue weighted by Crippen LogP contribution is -2.33. The number of anilines is 1. The number of hydrogen-bond donors (Lipinski definition) is 0. The average Bonchev–Trinajstić information content (AvgIpc) is 2.51. The molecule has 0 spiro atoms. The molecule has 3 nitrogen and oxygen atoms in total. The SMILES string of the molecule is CN(C)CCN1C(=O)Cc2ccc(Br)cc21. The molecular formula is C12H15BrN2O. The van der Waals surface area contributed by atoms with Crippen molar-refractivity contribution in [3.63, 3.8) is 0 Å². The summed E-state index contributed by atoms with van der Waals surface area (Å²) < 4.78 is 1.02. The highest BCUT2D eigenvalue weighted by Gasteiger charge is 2.26. The van der Waals surface area contributed by atoms with Gasteiger partial charge in [0.2, 0.25) is 5.91 Å². The largest absolute Gasteiger partial charge is 0.311 e. The summed E-state index contributed by atoms with van der Waals surface area (Å²) in [7, 11) is 4.03. The molecule has 0 atom stereocenters.